The second-order valence-electron chi connectivity index (χ2n) is 5.26. The molecule has 1 aliphatic rings. The highest BCUT2D eigenvalue weighted by atomic mass is 35.5. The fourth-order valence-corrected chi connectivity index (χ4v) is 2.77. The first-order chi connectivity index (χ1) is 10.6. The lowest BCUT2D eigenvalue weighted by atomic mass is 10.1. The lowest BCUT2D eigenvalue weighted by Crippen LogP contribution is -2.32. The van der Waals surface area contributed by atoms with Crippen molar-refractivity contribution in [2.75, 3.05) is 13.2 Å². The van der Waals surface area contributed by atoms with E-state index in [2.05, 4.69) is 5.32 Å². The lowest BCUT2D eigenvalue weighted by molar-refractivity contribution is -0.121. The molecule has 0 radical (unpaired) electrons. The quantitative estimate of drug-likeness (QED) is 0.590. The molecule has 1 aromatic rings. The van der Waals surface area contributed by atoms with Crippen LogP contribution in [-0.4, -0.2) is 30.3 Å². The molecule has 1 amide bonds. The van der Waals surface area contributed by atoms with Crippen LogP contribution in [0.4, 0.5) is 0 Å². The van der Waals surface area contributed by atoms with Gasteiger partial charge in [0.15, 0.2) is 0 Å². The van der Waals surface area contributed by atoms with Crippen molar-refractivity contribution in [3.8, 4) is 5.75 Å². The monoisotopic (exact) mass is 343 g/mol. The van der Waals surface area contributed by atoms with Crippen molar-refractivity contribution in [1.29, 1.82) is 0 Å². The molecule has 0 aliphatic heterocycles. The first kappa shape index (κ1) is 17.1. The number of hydrogen-bond donors (Lipinski definition) is 2. The predicted molar refractivity (Wildman–Crippen MR) is 87.5 cm³/mol. The fraction of sp³-hybridized carbons (Fsp3) is 0.438. The normalized spacial score (nSPS) is 20.1. The van der Waals surface area contributed by atoms with E-state index >= 15 is 0 Å². The molecule has 1 aliphatic carbocycles. The van der Waals surface area contributed by atoms with Crippen LogP contribution in [0.15, 0.2) is 30.4 Å². The van der Waals surface area contributed by atoms with Crippen LogP contribution in [0.2, 0.25) is 10.0 Å². The van der Waals surface area contributed by atoms with Crippen LogP contribution < -0.4 is 10.1 Å². The van der Waals surface area contributed by atoms with E-state index in [9.17, 15) is 4.79 Å². The molecular formula is C16H19Cl2NO3. The van der Waals surface area contributed by atoms with Gasteiger partial charge in [0.1, 0.15) is 5.75 Å². The minimum atomic E-state index is -0.0148. The number of aliphatic hydroxyl groups excluding tert-OH is 1. The van der Waals surface area contributed by atoms with E-state index in [-0.39, 0.29) is 24.5 Å². The zero-order chi connectivity index (χ0) is 15.9. The minimum absolute atomic E-state index is 0.0148. The number of benzene rings is 1. The van der Waals surface area contributed by atoms with Crippen LogP contribution >= 0.6 is 23.2 Å². The van der Waals surface area contributed by atoms with Gasteiger partial charge in [0.25, 0.3) is 0 Å². The van der Waals surface area contributed by atoms with Crippen LogP contribution in [0.5, 0.6) is 5.75 Å². The number of rotatable bonds is 7. The largest absolute Gasteiger partial charge is 0.492 e. The highest BCUT2D eigenvalue weighted by Crippen LogP contribution is 2.27. The molecule has 0 heterocycles. The molecule has 0 fully saturated rings. The van der Waals surface area contributed by atoms with Crippen LogP contribution in [0.25, 0.3) is 0 Å². The zero-order valence-corrected chi connectivity index (χ0v) is 13.6. The van der Waals surface area contributed by atoms with E-state index in [1.807, 2.05) is 12.2 Å². The summed E-state index contributed by atoms with van der Waals surface area (Å²) in [6, 6.07) is 5.06. The molecular weight excluding hydrogens is 325 g/mol. The number of amides is 1. The van der Waals surface area contributed by atoms with E-state index in [4.69, 9.17) is 33.0 Å². The molecule has 0 unspecified atom stereocenters. The van der Waals surface area contributed by atoms with Gasteiger partial charge in [-0.25, -0.2) is 0 Å². The number of nitrogens with one attached hydrogen (secondary N) is 1. The molecule has 0 aromatic heterocycles. The number of carbonyl (C=O) groups excluding carboxylic acids is 1. The first-order valence-corrected chi connectivity index (χ1v) is 8.00. The molecule has 22 heavy (non-hydrogen) atoms. The highest BCUT2D eigenvalue weighted by Gasteiger charge is 2.19. The topological polar surface area (TPSA) is 58.6 Å². The number of aliphatic hydroxyl groups is 1. The van der Waals surface area contributed by atoms with Gasteiger partial charge in [-0.05, 0) is 31.0 Å². The van der Waals surface area contributed by atoms with E-state index in [0.717, 1.165) is 6.42 Å². The highest BCUT2D eigenvalue weighted by molar-refractivity contribution is 6.35. The molecule has 0 bridgehead atoms. The Labute approximate surface area is 140 Å². The average Bonchev–Trinajstić information content (AvgIpc) is 2.93. The number of carbonyl (C=O) groups is 1. The van der Waals surface area contributed by atoms with Gasteiger partial charge in [-0.3, -0.25) is 4.79 Å². The van der Waals surface area contributed by atoms with E-state index in [1.165, 1.54) is 0 Å². The second-order valence-corrected chi connectivity index (χ2v) is 6.11. The Morgan fingerprint density at radius 3 is 2.86 bits per heavy atom. The summed E-state index contributed by atoms with van der Waals surface area (Å²) >= 11 is 11.8. The Balaban J connectivity index is 1.64. The smallest absolute Gasteiger partial charge is 0.220 e. The molecule has 6 heteroatoms. The molecule has 2 N–H and O–H groups in total. The molecule has 4 nitrogen and oxygen atoms in total. The Kier molecular flexibility index (Phi) is 6.55. The Morgan fingerprint density at radius 2 is 2.18 bits per heavy atom. The third kappa shape index (κ3) is 5.20. The summed E-state index contributed by atoms with van der Waals surface area (Å²) in [6.07, 6.45) is 5.63. The summed E-state index contributed by atoms with van der Waals surface area (Å²) in [7, 11) is 0. The van der Waals surface area contributed by atoms with Crippen molar-refractivity contribution in [1.82, 2.24) is 5.32 Å². The Morgan fingerprint density at radius 1 is 1.36 bits per heavy atom. The van der Waals surface area contributed by atoms with E-state index in [1.54, 1.807) is 18.2 Å². The van der Waals surface area contributed by atoms with Crippen LogP contribution in [-0.2, 0) is 4.79 Å². The maximum absolute atomic E-state index is 11.8. The minimum Gasteiger partial charge on any atom is -0.492 e. The number of ether oxygens (including phenoxy) is 1. The SMILES string of the molecule is O=C(CCCOc1ccc(Cl)cc1Cl)N[C@@H]1C=C[C@H](CO)C1. The van der Waals surface area contributed by atoms with Gasteiger partial charge >= 0.3 is 0 Å². The summed E-state index contributed by atoms with van der Waals surface area (Å²) in [5, 5.41) is 13.0. The molecule has 0 saturated heterocycles. The molecule has 120 valence electrons. The summed E-state index contributed by atoms with van der Waals surface area (Å²) in [5.41, 5.74) is 0. The molecule has 0 saturated carbocycles. The van der Waals surface area contributed by atoms with Gasteiger partial charge in [-0.1, -0.05) is 35.4 Å². The van der Waals surface area contributed by atoms with Gasteiger partial charge in [0.05, 0.1) is 11.6 Å². The van der Waals surface area contributed by atoms with Crippen molar-refractivity contribution in [3.05, 3.63) is 40.4 Å². The first-order valence-electron chi connectivity index (χ1n) is 7.25. The third-order valence-corrected chi connectivity index (χ3v) is 3.98. The van der Waals surface area contributed by atoms with Crippen molar-refractivity contribution in [3.63, 3.8) is 0 Å². The van der Waals surface area contributed by atoms with Crippen molar-refractivity contribution < 1.29 is 14.6 Å². The zero-order valence-electron chi connectivity index (χ0n) is 12.1. The summed E-state index contributed by atoms with van der Waals surface area (Å²) in [6.45, 7) is 0.535. The summed E-state index contributed by atoms with van der Waals surface area (Å²) in [4.78, 5) is 11.8. The maximum Gasteiger partial charge on any atom is 0.220 e. The molecule has 0 spiro atoms. The van der Waals surface area contributed by atoms with E-state index < -0.39 is 0 Å². The maximum atomic E-state index is 11.8. The second kappa shape index (κ2) is 8.42. The average molecular weight is 344 g/mol. The van der Waals surface area contributed by atoms with Crippen LogP contribution in [0, 0.1) is 5.92 Å². The third-order valence-electron chi connectivity index (χ3n) is 3.45. The fourth-order valence-electron chi connectivity index (χ4n) is 2.30. The predicted octanol–water partition coefficient (Wildman–Crippen LogP) is 3.21. The standard InChI is InChI=1S/C16H19Cl2NO3/c17-12-4-6-15(14(18)9-12)22-7-1-2-16(21)19-13-5-3-11(8-13)10-20/h3-6,9,11,13,20H,1-2,7-8,10H2,(H,19,21)/t11-,13+/m0/s1. The van der Waals surface area contributed by atoms with Crippen molar-refractivity contribution in [2.24, 2.45) is 5.92 Å². The van der Waals surface area contributed by atoms with Crippen molar-refractivity contribution in [2.45, 2.75) is 25.3 Å². The number of hydrogen-bond acceptors (Lipinski definition) is 3. The van der Waals surface area contributed by atoms with Gasteiger partial charge in [-0.2, -0.15) is 0 Å². The summed E-state index contributed by atoms with van der Waals surface area (Å²) < 4.78 is 5.53. The summed E-state index contributed by atoms with van der Waals surface area (Å²) in [5.74, 6) is 0.704. The Hall–Kier alpha value is -1.23. The van der Waals surface area contributed by atoms with E-state index in [0.29, 0.717) is 35.2 Å². The van der Waals surface area contributed by atoms with Gasteiger partial charge in [0, 0.05) is 30.0 Å². The molecule has 2 rings (SSSR count). The molecule has 2 atom stereocenters. The lowest BCUT2D eigenvalue weighted by Gasteiger charge is -2.13. The number of halogens is 2. The van der Waals surface area contributed by atoms with Gasteiger partial charge < -0.3 is 15.2 Å². The van der Waals surface area contributed by atoms with Crippen LogP contribution in [0.3, 0.4) is 0 Å². The van der Waals surface area contributed by atoms with Gasteiger partial charge in [-0.15, -0.1) is 0 Å². The van der Waals surface area contributed by atoms with Crippen molar-refractivity contribution >= 4 is 29.1 Å². The van der Waals surface area contributed by atoms with Crippen LogP contribution in [0.1, 0.15) is 19.3 Å². The van der Waals surface area contributed by atoms with Gasteiger partial charge in [0.2, 0.25) is 5.91 Å². The molecule has 1 aromatic carbocycles. The Bertz CT molecular complexity index is 548.